The molecule has 0 aliphatic rings. The first-order valence-electron chi connectivity index (χ1n) is 5.80. The highest BCUT2D eigenvalue weighted by molar-refractivity contribution is 5.23. The van der Waals surface area contributed by atoms with Crippen molar-refractivity contribution in [2.75, 3.05) is 6.61 Å². The summed E-state index contributed by atoms with van der Waals surface area (Å²) >= 11 is 0. The van der Waals surface area contributed by atoms with Crippen LogP contribution in [0, 0.1) is 6.92 Å². The molecule has 0 heterocycles. The minimum Gasteiger partial charge on any atom is -0.377 e. The monoisotopic (exact) mass is 222 g/mol. The molecule has 0 amide bonds. The van der Waals surface area contributed by atoms with Crippen LogP contribution in [0.3, 0.4) is 0 Å². The second kappa shape index (κ2) is 6.63. The van der Waals surface area contributed by atoms with Crippen LogP contribution in [0.15, 0.2) is 24.3 Å². The lowest BCUT2D eigenvalue weighted by molar-refractivity contribution is 0.0476. The maximum atomic E-state index is 5.56. The summed E-state index contributed by atoms with van der Waals surface area (Å²) in [6.45, 7) is 6.86. The van der Waals surface area contributed by atoms with E-state index in [1.807, 2.05) is 13.8 Å². The molecular weight excluding hydrogens is 200 g/mol. The fourth-order valence-corrected chi connectivity index (χ4v) is 1.83. The number of aryl methyl sites for hydroxylation is 1. The summed E-state index contributed by atoms with van der Waals surface area (Å²) in [5.74, 6) is 5.56. The van der Waals surface area contributed by atoms with Crippen LogP contribution in [0.25, 0.3) is 0 Å². The zero-order chi connectivity index (χ0) is 12.0. The first kappa shape index (κ1) is 13.2. The Hall–Kier alpha value is -0.900. The van der Waals surface area contributed by atoms with Gasteiger partial charge in [0, 0.05) is 6.61 Å². The molecule has 0 aliphatic heterocycles. The fraction of sp³-hybridized carbons (Fsp3) is 0.538. The summed E-state index contributed by atoms with van der Waals surface area (Å²) in [5, 5.41) is 0. The number of nitrogens with two attached hydrogens (primary N) is 1. The Morgan fingerprint density at radius 2 is 2.19 bits per heavy atom. The number of hydrogen-bond acceptors (Lipinski definition) is 3. The van der Waals surface area contributed by atoms with Crippen molar-refractivity contribution < 1.29 is 4.74 Å². The van der Waals surface area contributed by atoms with Crippen LogP contribution < -0.4 is 11.3 Å². The predicted molar refractivity (Wildman–Crippen MR) is 67.1 cm³/mol. The van der Waals surface area contributed by atoms with Gasteiger partial charge >= 0.3 is 0 Å². The molecule has 1 rings (SSSR count). The summed E-state index contributed by atoms with van der Waals surface area (Å²) in [7, 11) is 0. The zero-order valence-electron chi connectivity index (χ0n) is 10.4. The molecule has 0 spiro atoms. The normalized spacial score (nSPS) is 14.8. The molecule has 0 aromatic heterocycles. The van der Waals surface area contributed by atoms with Gasteiger partial charge in [-0.1, -0.05) is 29.8 Å². The molecule has 90 valence electrons. The van der Waals surface area contributed by atoms with Crippen LogP contribution in [0.1, 0.15) is 25.0 Å². The molecule has 1 aromatic rings. The van der Waals surface area contributed by atoms with E-state index in [2.05, 4.69) is 36.6 Å². The molecule has 16 heavy (non-hydrogen) atoms. The van der Waals surface area contributed by atoms with Crippen LogP contribution in [0.4, 0.5) is 0 Å². The van der Waals surface area contributed by atoms with Crippen molar-refractivity contribution in [3.05, 3.63) is 35.4 Å². The van der Waals surface area contributed by atoms with Crippen LogP contribution in [0.2, 0.25) is 0 Å². The fourth-order valence-electron chi connectivity index (χ4n) is 1.83. The van der Waals surface area contributed by atoms with Crippen molar-refractivity contribution in [1.29, 1.82) is 0 Å². The van der Waals surface area contributed by atoms with Crippen molar-refractivity contribution in [1.82, 2.24) is 5.43 Å². The molecule has 1 aromatic carbocycles. The minimum absolute atomic E-state index is 0.121. The van der Waals surface area contributed by atoms with Gasteiger partial charge in [-0.2, -0.15) is 0 Å². The Morgan fingerprint density at radius 1 is 1.44 bits per heavy atom. The van der Waals surface area contributed by atoms with Gasteiger partial charge in [0.25, 0.3) is 0 Å². The molecule has 0 bridgehead atoms. The highest BCUT2D eigenvalue weighted by Gasteiger charge is 2.16. The van der Waals surface area contributed by atoms with Crippen molar-refractivity contribution in [3.8, 4) is 0 Å². The number of rotatable bonds is 6. The lowest BCUT2D eigenvalue weighted by Gasteiger charge is -2.23. The number of hydrogen-bond donors (Lipinski definition) is 2. The Bertz CT molecular complexity index is 315. The lowest BCUT2D eigenvalue weighted by Crippen LogP contribution is -2.45. The Morgan fingerprint density at radius 3 is 2.75 bits per heavy atom. The van der Waals surface area contributed by atoms with Gasteiger partial charge in [-0.15, -0.1) is 0 Å². The van der Waals surface area contributed by atoms with E-state index in [-0.39, 0.29) is 12.1 Å². The average molecular weight is 222 g/mol. The van der Waals surface area contributed by atoms with E-state index in [0.717, 1.165) is 6.42 Å². The van der Waals surface area contributed by atoms with Gasteiger partial charge in [-0.25, -0.2) is 0 Å². The maximum Gasteiger partial charge on any atom is 0.0716 e. The molecule has 3 heteroatoms. The van der Waals surface area contributed by atoms with Crippen LogP contribution in [0.5, 0.6) is 0 Å². The number of ether oxygens (including phenoxy) is 1. The Labute approximate surface area is 98.0 Å². The molecule has 2 atom stereocenters. The topological polar surface area (TPSA) is 47.3 Å². The summed E-state index contributed by atoms with van der Waals surface area (Å²) in [5.41, 5.74) is 5.39. The summed E-state index contributed by atoms with van der Waals surface area (Å²) < 4.78 is 5.55. The number of nitrogens with one attached hydrogen (secondary N) is 1. The van der Waals surface area contributed by atoms with Crippen LogP contribution in [-0.4, -0.2) is 18.8 Å². The number of hydrazine groups is 1. The third kappa shape index (κ3) is 3.93. The van der Waals surface area contributed by atoms with Crippen molar-refractivity contribution in [2.45, 2.75) is 39.3 Å². The summed E-state index contributed by atoms with van der Waals surface area (Å²) in [4.78, 5) is 0. The SMILES string of the molecule is CCOC(C)C(Cc1cccc(C)c1)NN. The van der Waals surface area contributed by atoms with Gasteiger partial charge in [0.1, 0.15) is 0 Å². The number of benzene rings is 1. The third-order valence-electron chi connectivity index (χ3n) is 2.75. The molecular formula is C13H22N2O. The zero-order valence-corrected chi connectivity index (χ0v) is 10.4. The predicted octanol–water partition coefficient (Wildman–Crippen LogP) is 1.79. The van der Waals surface area contributed by atoms with E-state index in [1.165, 1.54) is 11.1 Å². The maximum absolute atomic E-state index is 5.56. The quantitative estimate of drug-likeness (QED) is 0.570. The van der Waals surface area contributed by atoms with E-state index < -0.39 is 0 Å². The molecule has 3 N–H and O–H groups in total. The molecule has 0 aliphatic carbocycles. The van der Waals surface area contributed by atoms with Crippen molar-refractivity contribution >= 4 is 0 Å². The van der Waals surface area contributed by atoms with Gasteiger partial charge in [0.05, 0.1) is 12.1 Å². The first-order valence-corrected chi connectivity index (χ1v) is 5.80. The second-order valence-corrected chi connectivity index (χ2v) is 4.13. The Balaban J connectivity index is 2.62. The lowest BCUT2D eigenvalue weighted by atomic mass is 10.0. The Kier molecular flexibility index (Phi) is 5.46. The molecule has 0 radical (unpaired) electrons. The van der Waals surface area contributed by atoms with Gasteiger partial charge < -0.3 is 4.74 Å². The molecule has 2 unspecified atom stereocenters. The highest BCUT2D eigenvalue weighted by atomic mass is 16.5. The molecule has 0 saturated heterocycles. The standard InChI is InChI=1S/C13H22N2O/c1-4-16-11(3)13(15-14)9-12-7-5-6-10(2)8-12/h5-8,11,13,15H,4,9,14H2,1-3H3. The van der Waals surface area contributed by atoms with Gasteiger partial charge in [-0.3, -0.25) is 11.3 Å². The smallest absolute Gasteiger partial charge is 0.0716 e. The summed E-state index contributed by atoms with van der Waals surface area (Å²) in [6.07, 6.45) is 1.01. The van der Waals surface area contributed by atoms with E-state index in [0.29, 0.717) is 6.61 Å². The van der Waals surface area contributed by atoms with E-state index in [9.17, 15) is 0 Å². The molecule has 0 fully saturated rings. The van der Waals surface area contributed by atoms with E-state index in [1.54, 1.807) is 0 Å². The van der Waals surface area contributed by atoms with Gasteiger partial charge in [0.2, 0.25) is 0 Å². The van der Waals surface area contributed by atoms with Crippen molar-refractivity contribution in [2.24, 2.45) is 5.84 Å². The highest BCUT2D eigenvalue weighted by Crippen LogP contribution is 2.10. The van der Waals surface area contributed by atoms with E-state index in [4.69, 9.17) is 10.6 Å². The van der Waals surface area contributed by atoms with Crippen molar-refractivity contribution in [3.63, 3.8) is 0 Å². The minimum atomic E-state index is 0.121. The second-order valence-electron chi connectivity index (χ2n) is 4.13. The first-order chi connectivity index (χ1) is 7.67. The average Bonchev–Trinajstić information content (AvgIpc) is 2.26. The van der Waals surface area contributed by atoms with Crippen LogP contribution >= 0.6 is 0 Å². The van der Waals surface area contributed by atoms with E-state index >= 15 is 0 Å². The van der Waals surface area contributed by atoms with Crippen LogP contribution in [-0.2, 0) is 11.2 Å². The summed E-state index contributed by atoms with van der Waals surface area (Å²) in [6, 6.07) is 8.63. The third-order valence-corrected chi connectivity index (χ3v) is 2.75. The van der Waals surface area contributed by atoms with Gasteiger partial charge in [0.15, 0.2) is 0 Å². The molecule has 3 nitrogen and oxygen atoms in total. The molecule has 0 saturated carbocycles. The largest absolute Gasteiger partial charge is 0.377 e. The van der Waals surface area contributed by atoms with Gasteiger partial charge in [-0.05, 0) is 32.8 Å².